The Labute approximate surface area is 265 Å². The molecule has 2 fully saturated rings. The average molecular weight is 633 g/mol. The number of ether oxygens (including phenoxy) is 3. The molecule has 0 saturated carbocycles. The molecule has 3 atom stereocenters. The van der Waals surface area contributed by atoms with Gasteiger partial charge in [0.05, 0.1) is 38.5 Å². The number of amides is 3. The maximum atomic E-state index is 12.0. The number of hydrogen-bond acceptors (Lipinski definition) is 8. The normalized spacial score (nSPS) is 19.5. The Morgan fingerprint density at radius 1 is 0.738 bits per heavy atom. The van der Waals surface area contributed by atoms with Crippen LogP contribution < -0.4 is 21.3 Å². The predicted octanol–water partition coefficient (Wildman–Crippen LogP) is 4.69. The highest BCUT2D eigenvalue weighted by atomic mass is 32.2. The minimum atomic E-state index is -0.0429. The summed E-state index contributed by atoms with van der Waals surface area (Å²) in [5.41, 5.74) is 0. The molecule has 2 rings (SSSR count). The first-order chi connectivity index (χ1) is 20.7. The van der Waals surface area contributed by atoms with Gasteiger partial charge in [-0.3, -0.25) is 4.79 Å². The van der Waals surface area contributed by atoms with E-state index < -0.39 is 0 Å². The van der Waals surface area contributed by atoms with Crippen LogP contribution in [0.1, 0.15) is 96.3 Å². The Kier molecular flexibility index (Phi) is 23.8. The van der Waals surface area contributed by atoms with E-state index in [-0.39, 0.29) is 24.0 Å². The first kappa shape index (κ1) is 37.5. The van der Waals surface area contributed by atoms with Crippen molar-refractivity contribution in [3.8, 4) is 0 Å². The number of thiol groups is 1. The highest BCUT2D eigenvalue weighted by Crippen LogP contribution is 2.33. The van der Waals surface area contributed by atoms with Crippen LogP contribution in [0.3, 0.4) is 0 Å². The van der Waals surface area contributed by atoms with Crippen LogP contribution in [0.25, 0.3) is 0 Å². The maximum absolute atomic E-state index is 12.0. The second-order valence-corrected chi connectivity index (χ2v) is 13.1. The largest absolute Gasteiger partial charge is 0.379 e. The fraction of sp³-hybridized carbons (Fsp3) is 0.935. The number of unbranched alkanes of at least 4 members (excludes halogenated alkanes) is 9. The van der Waals surface area contributed by atoms with Gasteiger partial charge in [-0.1, -0.05) is 51.4 Å². The molecule has 0 bridgehead atoms. The Morgan fingerprint density at radius 2 is 1.33 bits per heavy atom. The summed E-state index contributed by atoms with van der Waals surface area (Å²) in [5.74, 6) is 2.12. The summed E-state index contributed by atoms with van der Waals surface area (Å²) >= 11 is 6.18. The molecular formula is C31H60N4O5S2. The van der Waals surface area contributed by atoms with E-state index in [4.69, 9.17) is 14.2 Å². The lowest BCUT2D eigenvalue weighted by molar-refractivity contribution is -0.121. The molecule has 2 aliphatic heterocycles. The third kappa shape index (κ3) is 19.5. The van der Waals surface area contributed by atoms with E-state index in [0.29, 0.717) is 51.2 Å². The standard InChI is InChI=1S/C31H60N4O5S2/c36-29(15-9-8-14-28-30-27(26-42-28)34-31(37)35-30)33-18-13-20-39-22-24-40-23-21-38-19-12-17-32-16-10-6-4-2-1-3-5-7-11-25-41/h27-28,30,32,41H,1-26H2,(H,33,36)(H2,34,35,37)/t27-,28-,30-/m0/s1. The van der Waals surface area contributed by atoms with E-state index in [0.717, 1.165) is 63.3 Å². The van der Waals surface area contributed by atoms with Crippen LogP contribution >= 0.6 is 24.4 Å². The van der Waals surface area contributed by atoms with E-state index in [1.54, 1.807) is 0 Å². The zero-order valence-corrected chi connectivity index (χ0v) is 27.7. The number of hydrogen-bond donors (Lipinski definition) is 5. The molecule has 2 saturated heterocycles. The van der Waals surface area contributed by atoms with Crippen molar-refractivity contribution in [2.75, 3.05) is 70.8 Å². The Balaban J connectivity index is 1.19. The topological polar surface area (TPSA) is 110 Å². The molecule has 0 aromatic rings. The van der Waals surface area contributed by atoms with E-state index in [2.05, 4.69) is 33.9 Å². The first-order valence-electron chi connectivity index (χ1n) is 16.7. The highest BCUT2D eigenvalue weighted by molar-refractivity contribution is 8.00. The SMILES string of the molecule is O=C(CCCC[C@@H]1SC[C@@H]2NC(=O)N[C@@H]21)NCCCOCCOCCOCCCNCCCCCCCCCCCS. The first-order valence-corrected chi connectivity index (χ1v) is 18.4. The summed E-state index contributed by atoms with van der Waals surface area (Å²) in [4.78, 5) is 23.5. The number of rotatable bonds is 30. The molecule has 42 heavy (non-hydrogen) atoms. The van der Waals surface area contributed by atoms with Gasteiger partial charge in [0.1, 0.15) is 0 Å². The molecule has 246 valence electrons. The predicted molar refractivity (Wildman–Crippen MR) is 177 cm³/mol. The van der Waals surface area contributed by atoms with E-state index in [9.17, 15) is 9.59 Å². The minimum Gasteiger partial charge on any atom is -0.379 e. The molecule has 0 aromatic heterocycles. The fourth-order valence-electron chi connectivity index (χ4n) is 5.33. The highest BCUT2D eigenvalue weighted by Gasteiger charge is 2.42. The van der Waals surface area contributed by atoms with Gasteiger partial charge in [0, 0.05) is 37.2 Å². The molecular weight excluding hydrogens is 572 g/mol. The van der Waals surface area contributed by atoms with Gasteiger partial charge in [-0.2, -0.15) is 24.4 Å². The van der Waals surface area contributed by atoms with Gasteiger partial charge in [0.2, 0.25) is 5.91 Å². The number of nitrogens with one attached hydrogen (secondary N) is 4. The van der Waals surface area contributed by atoms with Gasteiger partial charge >= 0.3 is 6.03 Å². The van der Waals surface area contributed by atoms with Crippen LogP contribution in [-0.2, 0) is 19.0 Å². The number of thioether (sulfide) groups is 1. The number of carbonyl (C=O) groups is 2. The molecule has 0 spiro atoms. The molecule has 0 radical (unpaired) electrons. The van der Waals surface area contributed by atoms with Crippen molar-refractivity contribution in [2.24, 2.45) is 0 Å². The lowest BCUT2D eigenvalue weighted by atomic mass is 10.0. The van der Waals surface area contributed by atoms with Crippen molar-refractivity contribution in [3.63, 3.8) is 0 Å². The number of carbonyl (C=O) groups excluding carboxylic acids is 2. The van der Waals surface area contributed by atoms with Crippen LogP contribution in [-0.4, -0.2) is 100 Å². The molecule has 2 aliphatic rings. The molecule has 11 heteroatoms. The van der Waals surface area contributed by atoms with E-state index in [1.807, 2.05) is 11.8 Å². The van der Waals surface area contributed by atoms with Crippen LogP contribution in [0.5, 0.6) is 0 Å². The molecule has 9 nitrogen and oxygen atoms in total. The minimum absolute atomic E-state index is 0.0429. The van der Waals surface area contributed by atoms with Gasteiger partial charge in [0.25, 0.3) is 0 Å². The Bertz CT molecular complexity index is 679. The molecule has 4 N–H and O–H groups in total. The molecule has 0 aliphatic carbocycles. The van der Waals surface area contributed by atoms with Gasteiger partial charge < -0.3 is 35.5 Å². The monoisotopic (exact) mass is 632 g/mol. The molecule has 0 aromatic carbocycles. The summed E-state index contributed by atoms with van der Waals surface area (Å²) in [7, 11) is 0. The molecule has 0 unspecified atom stereocenters. The van der Waals surface area contributed by atoms with Gasteiger partial charge in [-0.05, 0) is 57.4 Å². The lowest BCUT2D eigenvalue weighted by Crippen LogP contribution is -2.36. The van der Waals surface area contributed by atoms with Crippen LogP contribution in [0.15, 0.2) is 0 Å². The van der Waals surface area contributed by atoms with Crippen LogP contribution in [0.2, 0.25) is 0 Å². The van der Waals surface area contributed by atoms with Crippen molar-refractivity contribution in [2.45, 2.75) is 114 Å². The number of fused-ring (bicyclic) bond motifs is 1. The lowest BCUT2D eigenvalue weighted by Gasteiger charge is -2.16. The van der Waals surface area contributed by atoms with E-state index >= 15 is 0 Å². The van der Waals surface area contributed by atoms with E-state index in [1.165, 1.54) is 57.8 Å². The van der Waals surface area contributed by atoms with Crippen molar-refractivity contribution < 1.29 is 23.8 Å². The van der Waals surface area contributed by atoms with Crippen LogP contribution in [0.4, 0.5) is 4.79 Å². The van der Waals surface area contributed by atoms with Gasteiger partial charge in [0.15, 0.2) is 0 Å². The molecule has 2 heterocycles. The van der Waals surface area contributed by atoms with Crippen molar-refractivity contribution in [1.29, 1.82) is 0 Å². The zero-order chi connectivity index (χ0) is 29.9. The second kappa shape index (κ2) is 26.7. The maximum Gasteiger partial charge on any atom is 0.315 e. The van der Waals surface area contributed by atoms with Gasteiger partial charge in [-0.15, -0.1) is 0 Å². The van der Waals surface area contributed by atoms with Crippen molar-refractivity contribution in [1.82, 2.24) is 21.3 Å². The Morgan fingerprint density at radius 3 is 2.02 bits per heavy atom. The third-order valence-electron chi connectivity index (χ3n) is 7.77. The summed E-state index contributed by atoms with van der Waals surface area (Å²) < 4.78 is 16.8. The summed E-state index contributed by atoms with van der Waals surface area (Å²) in [6.45, 7) is 6.48. The Hall–Kier alpha value is -0.720. The smallest absolute Gasteiger partial charge is 0.315 e. The number of urea groups is 1. The zero-order valence-electron chi connectivity index (χ0n) is 26.0. The average Bonchev–Trinajstić information content (AvgIpc) is 3.54. The second-order valence-electron chi connectivity index (χ2n) is 11.4. The van der Waals surface area contributed by atoms with Gasteiger partial charge in [-0.25, -0.2) is 4.79 Å². The van der Waals surface area contributed by atoms with Crippen molar-refractivity contribution >= 4 is 36.3 Å². The third-order valence-corrected chi connectivity index (χ3v) is 9.59. The fourth-order valence-corrected chi connectivity index (χ4v) is 7.10. The summed E-state index contributed by atoms with van der Waals surface area (Å²) in [5, 5.41) is 12.9. The van der Waals surface area contributed by atoms with Crippen molar-refractivity contribution in [3.05, 3.63) is 0 Å². The quantitative estimate of drug-likeness (QED) is 0.0444. The summed E-state index contributed by atoms with van der Waals surface area (Å²) in [6, 6.07) is 0.470. The van der Waals surface area contributed by atoms with Crippen LogP contribution in [0, 0.1) is 0 Å². The summed E-state index contributed by atoms with van der Waals surface area (Å²) in [6.07, 6.45) is 17.4. The molecule has 3 amide bonds.